The zero-order valence-electron chi connectivity index (χ0n) is 11.0. The fraction of sp³-hybridized carbons (Fsp3) is 1.00. The molecule has 0 N–H and O–H groups in total. The van der Waals surface area contributed by atoms with Gasteiger partial charge in [0.1, 0.15) is 0 Å². The van der Waals surface area contributed by atoms with E-state index in [-0.39, 0.29) is 0 Å². The van der Waals surface area contributed by atoms with E-state index in [1.54, 1.807) is 0 Å². The first-order chi connectivity index (χ1) is 6.60. The molecule has 0 saturated heterocycles. The lowest BCUT2D eigenvalue weighted by Gasteiger charge is -2.19. The van der Waals surface area contributed by atoms with Crippen LogP contribution in [0.5, 0.6) is 0 Å². The smallest absolute Gasteiger partial charge is 0.0414 e. The SMILES string of the molecule is CCC(C)CC(CC)CCCC(C)C. The van der Waals surface area contributed by atoms with Gasteiger partial charge in [-0.05, 0) is 24.2 Å². The molecule has 0 radical (unpaired) electrons. The van der Waals surface area contributed by atoms with Gasteiger partial charge in [-0.3, -0.25) is 0 Å². The van der Waals surface area contributed by atoms with Gasteiger partial charge in [0.05, 0.1) is 0 Å². The van der Waals surface area contributed by atoms with E-state index >= 15 is 0 Å². The zero-order valence-corrected chi connectivity index (χ0v) is 11.0. The van der Waals surface area contributed by atoms with Gasteiger partial charge in [-0.25, -0.2) is 0 Å². The highest BCUT2D eigenvalue weighted by Crippen LogP contribution is 2.23. The summed E-state index contributed by atoms with van der Waals surface area (Å²) in [4.78, 5) is 0. The molecule has 0 aromatic heterocycles. The van der Waals surface area contributed by atoms with E-state index in [0.29, 0.717) is 0 Å². The van der Waals surface area contributed by atoms with Crippen LogP contribution in [0.15, 0.2) is 0 Å². The Kier molecular flexibility index (Phi) is 8.32. The Bertz CT molecular complexity index is 115. The summed E-state index contributed by atoms with van der Waals surface area (Å²) < 4.78 is 0. The van der Waals surface area contributed by atoms with Gasteiger partial charge >= 0.3 is 0 Å². The molecule has 0 amide bonds. The fourth-order valence-electron chi connectivity index (χ4n) is 2.04. The van der Waals surface area contributed by atoms with Gasteiger partial charge in [-0.1, -0.05) is 66.7 Å². The predicted molar refractivity (Wildman–Crippen MR) is 66.5 cm³/mol. The molecule has 0 spiro atoms. The van der Waals surface area contributed by atoms with Crippen molar-refractivity contribution in [2.24, 2.45) is 17.8 Å². The first-order valence-corrected chi connectivity index (χ1v) is 6.60. The fourth-order valence-corrected chi connectivity index (χ4v) is 2.04. The molecule has 0 aromatic rings. The van der Waals surface area contributed by atoms with Crippen LogP contribution in [0, 0.1) is 17.8 Å². The molecule has 0 nitrogen and oxygen atoms in total. The highest BCUT2D eigenvalue weighted by molar-refractivity contribution is 4.62. The molecule has 0 aliphatic heterocycles. The van der Waals surface area contributed by atoms with Gasteiger partial charge < -0.3 is 0 Å². The van der Waals surface area contributed by atoms with Crippen molar-refractivity contribution in [3.05, 3.63) is 0 Å². The Balaban J connectivity index is 3.57. The topological polar surface area (TPSA) is 0 Å². The second-order valence-electron chi connectivity index (χ2n) is 5.35. The first kappa shape index (κ1) is 14.0. The minimum atomic E-state index is 0.885. The van der Waals surface area contributed by atoms with E-state index in [9.17, 15) is 0 Å². The van der Waals surface area contributed by atoms with Crippen molar-refractivity contribution in [3.63, 3.8) is 0 Å². The van der Waals surface area contributed by atoms with E-state index in [2.05, 4.69) is 34.6 Å². The average Bonchev–Trinajstić information content (AvgIpc) is 2.15. The van der Waals surface area contributed by atoms with Gasteiger partial charge in [0.15, 0.2) is 0 Å². The minimum absolute atomic E-state index is 0.885. The second kappa shape index (κ2) is 8.32. The summed E-state index contributed by atoms with van der Waals surface area (Å²) in [5.74, 6) is 2.80. The standard InChI is InChI=1S/C14H30/c1-6-13(5)11-14(7-2)10-8-9-12(3)4/h12-14H,6-11H2,1-5H3. The first-order valence-electron chi connectivity index (χ1n) is 6.60. The summed E-state index contributed by atoms with van der Waals surface area (Å²) in [7, 11) is 0. The Morgan fingerprint density at radius 2 is 1.50 bits per heavy atom. The largest absolute Gasteiger partial charge is 0.0651 e. The van der Waals surface area contributed by atoms with Crippen molar-refractivity contribution < 1.29 is 0 Å². The molecule has 0 aromatic carbocycles. The zero-order chi connectivity index (χ0) is 11.0. The lowest BCUT2D eigenvalue weighted by molar-refractivity contribution is 0.337. The molecule has 0 heterocycles. The van der Waals surface area contributed by atoms with Crippen LogP contribution in [-0.4, -0.2) is 0 Å². The van der Waals surface area contributed by atoms with Gasteiger partial charge in [0, 0.05) is 0 Å². The van der Waals surface area contributed by atoms with Gasteiger partial charge in [-0.15, -0.1) is 0 Å². The van der Waals surface area contributed by atoms with E-state index < -0.39 is 0 Å². The van der Waals surface area contributed by atoms with E-state index in [0.717, 1.165) is 17.8 Å². The van der Waals surface area contributed by atoms with Gasteiger partial charge in [0.25, 0.3) is 0 Å². The van der Waals surface area contributed by atoms with Crippen molar-refractivity contribution in [2.75, 3.05) is 0 Å². The van der Waals surface area contributed by atoms with E-state index in [1.807, 2.05) is 0 Å². The molecule has 0 heteroatoms. The molecular formula is C14H30. The van der Waals surface area contributed by atoms with Crippen LogP contribution in [0.2, 0.25) is 0 Å². The van der Waals surface area contributed by atoms with Crippen molar-refractivity contribution in [1.82, 2.24) is 0 Å². The van der Waals surface area contributed by atoms with Crippen molar-refractivity contribution in [1.29, 1.82) is 0 Å². The van der Waals surface area contributed by atoms with Crippen molar-refractivity contribution in [3.8, 4) is 0 Å². The molecule has 0 rings (SSSR count). The lowest BCUT2D eigenvalue weighted by atomic mass is 9.87. The van der Waals surface area contributed by atoms with E-state index in [1.165, 1.54) is 38.5 Å². The summed E-state index contributed by atoms with van der Waals surface area (Å²) in [6.45, 7) is 11.7. The number of hydrogen-bond acceptors (Lipinski definition) is 0. The molecule has 86 valence electrons. The predicted octanol–water partition coefficient (Wildman–Crippen LogP) is 5.28. The highest BCUT2D eigenvalue weighted by Gasteiger charge is 2.10. The third kappa shape index (κ3) is 7.41. The summed E-state index contributed by atoms with van der Waals surface area (Å²) in [5.41, 5.74) is 0. The van der Waals surface area contributed by atoms with Crippen LogP contribution in [0.3, 0.4) is 0 Å². The molecule has 0 aliphatic rings. The lowest BCUT2D eigenvalue weighted by Crippen LogP contribution is -2.05. The number of rotatable bonds is 8. The Morgan fingerprint density at radius 3 is 1.93 bits per heavy atom. The molecule has 0 bridgehead atoms. The molecular weight excluding hydrogens is 168 g/mol. The molecule has 2 unspecified atom stereocenters. The monoisotopic (exact) mass is 198 g/mol. The van der Waals surface area contributed by atoms with Gasteiger partial charge in [0.2, 0.25) is 0 Å². The maximum atomic E-state index is 2.39. The van der Waals surface area contributed by atoms with Crippen LogP contribution in [0.25, 0.3) is 0 Å². The van der Waals surface area contributed by atoms with Crippen LogP contribution in [-0.2, 0) is 0 Å². The molecule has 0 fully saturated rings. The minimum Gasteiger partial charge on any atom is -0.0651 e. The Hall–Kier alpha value is 0. The van der Waals surface area contributed by atoms with Crippen LogP contribution < -0.4 is 0 Å². The third-order valence-electron chi connectivity index (χ3n) is 3.40. The summed E-state index contributed by atoms with van der Waals surface area (Å²) in [5, 5.41) is 0. The van der Waals surface area contributed by atoms with Crippen LogP contribution in [0.4, 0.5) is 0 Å². The van der Waals surface area contributed by atoms with Gasteiger partial charge in [-0.2, -0.15) is 0 Å². The van der Waals surface area contributed by atoms with Crippen molar-refractivity contribution >= 4 is 0 Å². The van der Waals surface area contributed by atoms with E-state index in [4.69, 9.17) is 0 Å². The molecule has 0 saturated carbocycles. The summed E-state index contributed by atoms with van der Waals surface area (Å²) in [6, 6.07) is 0. The maximum absolute atomic E-state index is 2.39. The summed E-state index contributed by atoms with van der Waals surface area (Å²) >= 11 is 0. The van der Waals surface area contributed by atoms with Crippen LogP contribution in [0.1, 0.15) is 73.1 Å². The molecule has 14 heavy (non-hydrogen) atoms. The molecule has 2 atom stereocenters. The Morgan fingerprint density at radius 1 is 0.857 bits per heavy atom. The normalized spacial score (nSPS) is 15.9. The highest BCUT2D eigenvalue weighted by atomic mass is 14.2. The van der Waals surface area contributed by atoms with Crippen LogP contribution >= 0.6 is 0 Å². The second-order valence-corrected chi connectivity index (χ2v) is 5.35. The quantitative estimate of drug-likeness (QED) is 0.498. The average molecular weight is 198 g/mol. The Labute approximate surface area is 91.5 Å². The summed E-state index contributed by atoms with van der Waals surface area (Å²) in [6.07, 6.45) is 8.48. The maximum Gasteiger partial charge on any atom is -0.0414 e. The third-order valence-corrected chi connectivity index (χ3v) is 3.40. The van der Waals surface area contributed by atoms with Crippen molar-refractivity contribution in [2.45, 2.75) is 73.1 Å². The number of hydrogen-bond donors (Lipinski definition) is 0. The molecule has 0 aliphatic carbocycles.